The standard InChI is InChI=1S/C16H20N2O2/c1-10(17-11(2)19)16(3)15-13(8-9-20-16)12-6-4-5-7-14(12)18-15/h4-7,10,18H,8-9H2,1-3H3,(H,17,19). The van der Waals surface area contributed by atoms with E-state index in [1.807, 2.05) is 19.9 Å². The molecule has 1 amide bonds. The van der Waals surface area contributed by atoms with E-state index < -0.39 is 5.60 Å². The van der Waals surface area contributed by atoms with Crippen molar-refractivity contribution in [3.8, 4) is 0 Å². The molecule has 1 aromatic carbocycles. The molecule has 0 aliphatic carbocycles. The van der Waals surface area contributed by atoms with Gasteiger partial charge in [-0.15, -0.1) is 0 Å². The average molecular weight is 272 g/mol. The monoisotopic (exact) mass is 272 g/mol. The van der Waals surface area contributed by atoms with Crippen molar-refractivity contribution in [3.05, 3.63) is 35.5 Å². The second-order valence-electron chi connectivity index (χ2n) is 5.65. The highest BCUT2D eigenvalue weighted by Crippen LogP contribution is 2.38. The summed E-state index contributed by atoms with van der Waals surface area (Å²) in [6.07, 6.45) is 0.904. The Bertz CT molecular complexity index is 662. The zero-order valence-electron chi connectivity index (χ0n) is 12.1. The smallest absolute Gasteiger partial charge is 0.217 e. The fourth-order valence-electron chi connectivity index (χ4n) is 3.10. The minimum absolute atomic E-state index is 0.0365. The second-order valence-corrected chi connectivity index (χ2v) is 5.65. The number of rotatable bonds is 2. The van der Waals surface area contributed by atoms with E-state index in [4.69, 9.17) is 4.74 Å². The molecule has 3 rings (SSSR count). The van der Waals surface area contributed by atoms with Crippen molar-refractivity contribution >= 4 is 16.8 Å². The summed E-state index contributed by atoms with van der Waals surface area (Å²) in [6.45, 7) is 6.24. The number of H-pyrrole nitrogens is 1. The van der Waals surface area contributed by atoms with Gasteiger partial charge < -0.3 is 15.0 Å². The maximum absolute atomic E-state index is 11.3. The van der Waals surface area contributed by atoms with Crippen LogP contribution in [0.15, 0.2) is 24.3 Å². The minimum Gasteiger partial charge on any atom is -0.367 e. The molecule has 1 aliphatic rings. The molecule has 2 aromatic rings. The number of hydrogen-bond donors (Lipinski definition) is 2. The largest absolute Gasteiger partial charge is 0.367 e. The maximum Gasteiger partial charge on any atom is 0.217 e. The van der Waals surface area contributed by atoms with Crippen LogP contribution in [0, 0.1) is 0 Å². The Hall–Kier alpha value is -1.81. The molecule has 2 atom stereocenters. The summed E-state index contributed by atoms with van der Waals surface area (Å²) in [4.78, 5) is 14.8. The zero-order valence-corrected chi connectivity index (χ0v) is 12.1. The molecule has 2 heterocycles. The molecule has 1 aliphatic heterocycles. The Morgan fingerprint density at radius 3 is 2.95 bits per heavy atom. The number of nitrogens with one attached hydrogen (secondary N) is 2. The van der Waals surface area contributed by atoms with Crippen LogP contribution >= 0.6 is 0 Å². The number of hydrogen-bond acceptors (Lipinski definition) is 2. The second kappa shape index (κ2) is 4.63. The van der Waals surface area contributed by atoms with Crippen LogP contribution in [0.5, 0.6) is 0 Å². The Kier molecular flexibility index (Phi) is 3.05. The molecule has 106 valence electrons. The number of aromatic amines is 1. The fourth-order valence-corrected chi connectivity index (χ4v) is 3.10. The van der Waals surface area contributed by atoms with Crippen molar-refractivity contribution in [3.63, 3.8) is 0 Å². The molecular formula is C16H20N2O2. The Morgan fingerprint density at radius 1 is 1.45 bits per heavy atom. The van der Waals surface area contributed by atoms with Crippen LogP contribution in [0.3, 0.4) is 0 Å². The quantitative estimate of drug-likeness (QED) is 0.882. The van der Waals surface area contributed by atoms with Gasteiger partial charge in [-0.3, -0.25) is 4.79 Å². The molecule has 0 saturated carbocycles. The third-order valence-electron chi connectivity index (χ3n) is 4.31. The lowest BCUT2D eigenvalue weighted by Gasteiger charge is -2.39. The third-order valence-corrected chi connectivity index (χ3v) is 4.31. The van der Waals surface area contributed by atoms with Crippen molar-refractivity contribution < 1.29 is 9.53 Å². The van der Waals surface area contributed by atoms with E-state index >= 15 is 0 Å². The summed E-state index contributed by atoms with van der Waals surface area (Å²) in [5.74, 6) is -0.0365. The van der Waals surface area contributed by atoms with Crippen molar-refractivity contribution in [2.45, 2.75) is 38.8 Å². The van der Waals surface area contributed by atoms with Gasteiger partial charge in [-0.05, 0) is 31.9 Å². The third kappa shape index (κ3) is 1.91. The van der Waals surface area contributed by atoms with Crippen molar-refractivity contribution in [2.24, 2.45) is 0 Å². The van der Waals surface area contributed by atoms with Crippen LogP contribution in [0.25, 0.3) is 10.9 Å². The molecular weight excluding hydrogens is 252 g/mol. The van der Waals surface area contributed by atoms with E-state index in [2.05, 4.69) is 28.5 Å². The first kappa shape index (κ1) is 13.2. The molecule has 4 heteroatoms. The van der Waals surface area contributed by atoms with Crippen LogP contribution in [0.2, 0.25) is 0 Å². The highest BCUT2D eigenvalue weighted by molar-refractivity contribution is 5.85. The molecule has 2 N–H and O–H groups in total. The normalized spacial score (nSPS) is 23.4. The summed E-state index contributed by atoms with van der Waals surface area (Å²) in [6, 6.07) is 8.21. The predicted octanol–water partition coefficient (Wildman–Crippen LogP) is 2.48. The number of carbonyl (C=O) groups is 1. The lowest BCUT2D eigenvalue weighted by molar-refractivity contribution is -0.124. The summed E-state index contributed by atoms with van der Waals surface area (Å²) in [5.41, 5.74) is 3.01. The van der Waals surface area contributed by atoms with Gasteiger partial charge in [-0.2, -0.15) is 0 Å². The van der Waals surface area contributed by atoms with E-state index in [-0.39, 0.29) is 11.9 Å². The Balaban J connectivity index is 2.11. The molecule has 0 saturated heterocycles. The van der Waals surface area contributed by atoms with Gasteiger partial charge in [0.2, 0.25) is 5.91 Å². The van der Waals surface area contributed by atoms with Gasteiger partial charge in [0.05, 0.1) is 18.3 Å². The Labute approximate surface area is 118 Å². The van der Waals surface area contributed by atoms with Crippen LogP contribution in [0.4, 0.5) is 0 Å². The molecule has 20 heavy (non-hydrogen) atoms. The van der Waals surface area contributed by atoms with Gasteiger partial charge in [0.25, 0.3) is 0 Å². The first-order valence-corrected chi connectivity index (χ1v) is 7.03. The van der Waals surface area contributed by atoms with E-state index in [0.29, 0.717) is 6.61 Å². The summed E-state index contributed by atoms with van der Waals surface area (Å²) in [7, 11) is 0. The van der Waals surface area contributed by atoms with Crippen LogP contribution in [0.1, 0.15) is 32.0 Å². The lowest BCUT2D eigenvalue weighted by Crippen LogP contribution is -2.50. The van der Waals surface area contributed by atoms with E-state index in [1.165, 1.54) is 17.9 Å². The maximum atomic E-state index is 11.3. The molecule has 2 unspecified atom stereocenters. The molecule has 1 aromatic heterocycles. The number of para-hydroxylation sites is 1. The fraction of sp³-hybridized carbons (Fsp3) is 0.438. The predicted molar refractivity (Wildman–Crippen MR) is 78.6 cm³/mol. The van der Waals surface area contributed by atoms with Gasteiger partial charge in [-0.25, -0.2) is 0 Å². The van der Waals surface area contributed by atoms with Gasteiger partial charge in [0.1, 0.15) is 5.60 Å². The number of carbonyl (C=O) groups excluding carboxylic acids is 1. The number of fused-ring (bicyclic) bond motifs is 3. The number of benzene rings is 1. The minimum atomic E-state index is -0.516. The van der Waals surface area contributed by atoms with Crippen molar-refractivity contribution in [1.29, 1.82) is 0 Å². The SMILES string of the molecule is CC(=O)NC(C)C1(C)OCCc2c1[nH]c1ccccc21. The number of aromatic nitrogens is 1. The highest BCUT2D eigenvalue weighted by atomic mass is 16.5. The summed E-state index contributed by atoms with van der Waals surface area (Å²) >= 11 is 0. The number of ether oxygens (including phenoxy) is 1. The molecule has 0 spiro atoms. The zero-order chi connectivity index (χ0) is 14.3. The topological polar surface area (TPSA) is 54.1 Å². The van der Waals surface area contributed by atoms with Gasteiger partial charge in [-0.1, -0.05) is 18.2 Å². The van der Waals surface area contributed by atoms with E-state index in [9.17, 15) is 4.79 Å². The van der Waals surface area contributed by atoms with Crippen LogP contribution in [-0.2, 0) is 21.6 Å². The molecule has 0 bridgehead atoms. The van der Waals surface area contributed by atoms with Crippen LogP contribution < -0.4 is 5.32 Å². The first-order chi connectivity index (χ1) is 9.52. The van der Waals surface area contributed by atoms with Crippen molar-refractivity contribution in [2.75, 3.05) is 6.61 Å². The average Bonchev–Trinajstić information content (AvgIpc) is 2.78. The molecule has 0 fully saturated rings. The molecule has 0 radical (unpaired) electrons. The Morgan fingerprint density at radius 2 is 2.20 bits per heavy atom. The van der Waals surface area contributed by atoms with E-state index in [1.54, 1.807) is 0 Å². The van der Waals surface area contributed by atoms with Crippen molar-refractivity contribution in [1.82, 2.24) is 10.3 Å². The lowest BCUT2D eigenvalue weighted by atomic mass is 9.87. The van der Waals surface area contributed by atoms with Gasteiger partial charge in [0, 0.05) is 17.8 Å². The summed E-state index contributed by atoms with van der Waals surface area (Å²) < 4.78 is 6.04. The van der Waals surface area contributed by atoms with Gasteiger partial charge in [0.15, 0.2) is 0 Å². The van der Waals surface area contributed by atoms with Crippen LogP contribution in [-0.4, -0.2) is 23.5 Å². The first-order valence-electron chi connectivity index (χ1n) is 7.03. The van der Waals surface area contributed by atoms with E-state index in [0.717, 1.165) is 17.6 Å². The summed E-state index contributed by atoms with van der Waals surface area (Å²) in [5, 5.41) is 4.21. The number of amides is 1. The highest BCUT2D eigenvalue weighted by Gasteiger charge is 2.41. The van der Waals surface area contributed by atoms with Gasteiger partial charge >= 0.3 is 0 Å². The molecule has 4 nitrogen and oxygen atoms in total.